The molecule has 0 aromatic rings. The molecule has 9 nitrogen and oxygen atoms in total. The lowest BCUT2D eigenvalue weighted by Crippen LogP contribution is -2.37. The van der Waals surface area contributed by atoms with Crippen molar-refractivity contribution in [1.82, 2.24) is 0 Å². The monoisotopic (exact) mass is 1100 g/mol. The molecule has 10 heteroatoms. The second kappa shape index (κ2) is 57.9. The number of likely N-dealkylation sites (N-methyl/N-ethyl adjacent to an activating group) is 1. The average molecular weight is 1100 g/mol. The molecule has 2 unspecified atom stereocenters. The van der Waals surface area contributed by atoms with E-state index >= 15 is 0 Å². The van der Waals surface area contributed by atoms with Gasteiger partial charge in [0.25, 0.3) is 0 Å². The number of esters is 2. The molecule has 0 spiro atoms. The maximum atomic E-state index is 12.8. The number of phosphoric ester groups is 1. The molecule has 2 atom stereocenters. The molecule has 0 aliphatic carbocycles. The van der Waals surface area contributed by atoms with E-state index in [1.54, 1.807) is 0 Å². The molecule has 0 saturated heterocycles. The number of ether oxygens (including phenoxy) is 2. The maximum absolute atomic E-state index is 12.8. The third-order valence-corrected chi connectivity index (χ3v) is 14.6. The van der Waals surface area contributed by atoms with Crippen LogP contribution >= 0.6 is 7.82 Å². The first-order chi connectivity index (χ1) is 37.5. The van der Waals surface area contributed by atoms with E-state index < -0.39 is 26.5 Å². The molecule has 0 bridgehead atoms. The van der Waals surface area contributed by atoms with Crippen LogP contribution in [0.3, 0.4) is 0 Å². The zero-order chi connectivity index (χ0) is 56.3. The Morgan fingerprint density at radius 3 is 1.12 bits per heavy atom. The molecule has 0 rings (SSSR count). The molecule has 0 aromatic heterocycles. The molecule has 446 valence electrons. The number of carbonyl (C=O) groups is 2. The average Bonchev–Trinajstić information content (AvgIpc) is 3.39. The highest BCUT2D eigenvalue weighted by Gasteiger charge is 2.27. The summed E-state index contributed by atoms with van der Waals surface area (Å²) in [6, 6.07) is 0. The van der Waals surface area contributed by atoms with E-state index in [9.17, 15) is 19.0 Å². The van der Waals surface area contributed by atoms with E-state index in [0.717, 1.165) is 89.9 Å². The van der Waals surface area contributed by atoms with Gasteiger partial charge in [0.05, 0.1) is 27.7 Å². The van der Waals surface area contributed by atoms with Crippen molar-refractivity contribution in [1.29, 1.82) is 0 Å². The van der Waals surface area contributed by atoms with Crippen molar-refractivity contribution in [2.75, 3.05) is 47.5 Å². The van der Waals surface area contributed by atoms with Crippen LogP contribution in [0.25, 0.3) is 0 Å². The van der Waals surface area contributed by atoms with Crippen molar-refractivity contribution in [3.8, 4) is 0 Å². The summed E-state index contributed by atoms with van der Waals surface area (Å²) in [6.07, 6.45) is 78.2. The summed E-state index contributed by atoms with van der Waals surface area (Å²) in [5, 5.41) is 0. The van der Waals surface area contributed by atoms with E-state index in [0.29, 0.717) is 17.4 Å². The van der Waals surface area contributed by atoms with Crippen LogP contribution in [0, 0.1) is 0 Å². The van der Waals surface area contributed by atoms with Gasteiger partial charge in [-0.3, -0.25) is 18.6 Å². The Morgan fingerprint density at radius 2 is 0.740 bits per heavy atom. The molecule has 0 fully saturated rings. The van der Waals surface area contributed by atoms with Gasteiger partial charge < -0.3 is 18.9 Å². The quantitative estimate of drug-likeness (QED) is 0.0211. The van der Waals surface area contributed by atoms with Gasteiger partial charge in [0.15, 0.2) is 6.10 Å². The zero-order valence-corrected chi connectivity index (χ0v) is 51.6. The smallest absolute Gasteiger partial charge is 0.462 e. The van der Waals surface area contributed by atoms with Crippen LogP contribution in [-0.2, 0) is 32.7 Å². The summed E-state index contributed by atoms with van der Waals surface area (Å²) in [5.41, 5.74) is 0. The standard InChI is InChI=1S/C67H120NO8P/c1-6-8-10-12-14-16-18-20-22-24-25-26-27-28-29-30-31-32-33-34-35-36-37-38-39-40-41-42-43-44-46-48-50-52-54-56-58-60-67(70)76-65(64-75-77(71,72)74-62-61-68(3,4)5)63-73-66(69)59-57-55-53-51-49-47-45-23-21-19-17-15-13-11-9-7-2/h8,10,14,16,20,22-23,25-26,28-29,31-32,45,65H,6-7,9,11-13,15,17-19,21,24,27,30,33-44,46-64H2,1-5H3/p+1/b10-8-,16-14-,22-20-,26-25-,29-28-,32-31-,45-23-. The van der Waals surface area contributed by atoms with E-state index in [1.165, 1.54) is 154 Å². The Kier molecular flexibility index (Phi) is 55.8. The number of hydrogen-bond donors (Lipinski definition) is 1. The minimum absolute atomic E-state index is 0.0296. The predicted octanol–water partition coefficient (Wildman–Crippen LogP) is 20.2. The first-order valence-corrected chi connectivity index (χ1v) is 33.3. The van der Waals surface area contributed by atoms with Gasteiger partial charge >= 0.3 is 19.8 Å². The van der Waals surface area contributed by atoms with Crippen molar-refractivity contribution in [2.24, 2.45) is 0 Å². The van der Waals surface area contributed by atoms with Gasteiger partial charge in [-0.1, -0.05) is 259 Å². The molecule has 0 radical (unpaired) electrons. The normalized spacial score (nSPS) is 13.8. The van der Waals surface area contributed by atoms with Crippen LogP contribution in [0.2, 0.25) is 0 Å². The number of quaternary nitrogens is 1. The molecular weight excluding hydrogens is 978 g/mol. The van der Waals surface area contributed by atoms with Crippen LogP contribution in [0.15, 0.2) is 85.1 Å². The van der Waals surface area contributed by atoms with Crippen molar-refractivity contribution in [3.05, 3.63) is 85.1 Å². The maximum Gasteiger partial charge on any atom is 0.472 e. The van der Waals surface area contributed by atoms with Gasteiger partial charge in [-0.2, -0.15) is 0 Å². The van der Waals surface area contributed by atoms with Crippen LogP contribution in [0.4, 0.5) is 0 Å². The number of carbonyl (C=O) groups excluding carboxylic acids is 2. The first kappa shape index (κ1) is 74.2. The number of rotatable bonds is 58. The topological polar surface area (TPSA) is 108 Å². The molecule has 0 saturated carbocycles. The number of nitrogens with zero attached hydrogens (tertiary/aromatic N) is 1. The number of allylic oxidation sites excluding steroid dienone is 14. The fourth-order valence-electron chi connectivity index (χ4n) is 8.78. The summed E-state index contributed by atoms with van der Waals surface area (Å²) >= 11 is 0. The van der Waals surface area contributed by atoms with Crippen molar-refractivity contribution in [3.63, 3.8) is 0 Å². The second-order valence-corrected chi connectivity index (χ2v) is 23.9. The van der Waals surface area contributed by atoms with Gasteiger partial charge in [-0.15, -0.1) is 0 Å². The Labute approximate surface area is 475 Å². The van der Waals surface area contributed by atoms with Gasteiger partial charge in [-0.25, -0.2) is 4.57 Å². The Bertz CT molecular complexity index is 1580. The fraction of sp³-hybridized carbons (Fsp3) is 0.761. The molecule has 77 heavy (non-hydrogen) atoms. The lowest BCUT2D eigenvalue weighted by Gasteiger charge is -2.24. The van der Waals surface area contributed by atoms with Gasteiger partial charge in [0.1, 0.15) is 19.8 Å². The Balaban J connectivity index is 4.00. The SMILES string of the molecule is CC/C=C\C/C=C\C/C=C\C/C=C\C/C=C\C/C=C\CCCCCCCCCCCCCCCCCCCCC(=O)OC(COC(=O)CCCCCCC/C=C\CCCCCCCCC)COP(=O)(O)OCC[N+](C)(C)C. The molecule has 0 aliphatic heterocycles. The third-order valence-electron chi connectivity index (χ3n) is 13.7. The van der Waals surface area contributed by atoms with Crippen molar-refractivity contribution >= 4 is 19.8 Å². The Hall–Kier alpha value is -2.81. The van der Waals surface area contributed by atoms with Gasteiger partial charge in [-0.05, 0) is 89.9 Å². The number of hydrogen-bond acceptors (Lipinski definition) is 7. The highest BCUT2D eigenvalue weighted by Crippen LogP contribution is 2.43. The predicted molar refractivity (Wildman–Crippen MR) is 330 cm³/mol. The molecule has 0 aromatic carbocycles. The minimum Gasteiger partial charge on any atom is -0.462 e. The molecular formula is C67H121NO8P+. The lowest BCUT2D eigenvalue weighted by molar-refractivity contribution is -0.870. The van der Waals surface area contributed by atoms with Crippen LogP contribution < -0.4 is 0 Å². The minimum atomic E-state index is -4.39. The van der Waals surface area contributed by atoms with Crippen LogP contribution in [0.5, 0.6) is 0 Å². The molecule has 0 heterocycles. The first-order valence-electron chi connectivity index (χ1n) is 31.8. The van der Waals surface area contributed by atoms with E-state index in [2.05, 4.69) is 98.9 Å². The molecule has 1 N–H and O–H groups in total. The summed E-state index contributed by atoms with van der Waals surface area (Å²) in [7, 11) is 1.48. The van der Waals surface area contributed by atoms with E-state index in [-0.39, 0.29) is 32.0 Å². The third kappa shape index (κ3) is 62.3. The van der Waals surface area contributed by atoms with Crippen molar-refractivity contribution in [2.45, 2.75) is 283 Å². The molecule has 0 aliphatic rings. The summed E-state index contributed by atoms with van der Waals surface area (Å²) in [6.45, 7) is 4.33. The number of unbranched alkanes of at least 4 members (excludes halogenated alkanes) is 30. The van der Waals surface area contributed by atoms with E-state index in [1.807, 2.05) is 21.1 Å². The van der Waals surface area contributed by atoms with Crippen LogP contribution in [-0.4, -0.2) is 74.9 Å². The van der Waals surface area contributed by atoms with Gasteiger partial charge in [0, 0.05) is 12.8 Å². The molecule has 0 amide bonds. The lowest BCUT2D eigenvalue weighted by atomic mass is 10.0. The van der Waals surface area contributed by atoms with Crippen molar-refractivity contribution < 1.29 is 42.1 Å². The largest absolute Gasteiger partial charge is 0.472 e. The summed E-state index contributed by atoms with van der Waals surface area (Å²) in [4.78, 5) is 35.7. The summed E-state index contributed by atoms with van der Waals surface area (Å²) in [5.74, 6) is -0.800. The highest BCUT2D eigenvalue weighted by molar-refractivity contribution is 7.47. The highest BCUT2D eigenvalue weighted by atomic mass is 31.2. The summed E-state index contributed by atoms with van der Waals surface area (Å²) < 4.78 is 34.6. The van der Waals surface area contributed by atoms with Crippen LogP contribution in [0.1, 0.15) is 277 Å². The Morgan fingerprint density at radius 1 is 0.416 bits per heavy atom. The van der Waals surface area contributed by atoms with Gasteiger partial charge in [0.2, 0.25) is 0 Å². The fourth-order valence-corrected chi connectivity index (χ4v) is 9.52. The second-order valence-electron chi connectivity index (χ2n) is 22.4. The van der Waals surface area contributed by atoms with E-state index in [4.69, 9.17) is 18.5 Å². The zero-order valence-electron chi connectivity index (χ0n) is 50.7. The number of phosphoric acid groups is 1.